The molecule has 1 aliphatic heterocycles. The van der Waals surface area contributed by atoms with Crippen LogP contribution >= 0.6 is 0 Å². The number of urea groups is 1. The molecule has 0 bridgehead atoms. The van der Waals surface area contributed by atoms with Gasteiger partial charge in [-0.1, -0.05) is 48.9 Å². The SMILES string of the molecule is CCc1ccc(N2C(=O)NC(=O)/C(=C/c3cccn3Cc3cccc(C)c3)C2=O)cc1. The third kappa shape index (κ3) is 4.19. The van der Waals surface area contributed by atoms with E-state index >= 15 is 0 Å². The summed E-state index contributed by atoms with van der Waals surface area (Å²) in [6, 6.07) is 18.3. The van der Waals surface area contributed by atoms with E-state index < -0.39 is 17.8 Å². The molecule has 0 spiro atoms. The molecule has 2 heterocycles. The second kappa shape index (κ2) is 8.44. The van der Waals surface area contributed by atoms with Gasteiger partial charge in [0.05, 0.1) is 5.69 Å². The molecule has 1 saturated heterocycles. The molecule has 31 heavy (non-hydrogen) atoms. The average molecular weight is 413 g/mol. The van der Waals surface area contributed by atoms with Gasteiger partial charge in [-0.15, -0.1) is 0 Å². The first-order valence-electron chi connectivity index (χ1n) is 10.2. The van der Waals surface area contributed by atoms with Gasteiger partial charge in [-0.25, -0.2) is 9.69 Å². The first-order chi connectivity index (χ1) is 15.0. The zero-order valence-corrected chi connectivity index (χ0v) is 17.5. The van der Waals surface area contributed by atoms with Crippen LogP contribution < -0.4 is 10.2 Å². The van der Waals surface area contributed by atoms with E-state index in [4.69, 9.17) is 0 Å². The molecule has 4 amide bonds. The molecular formula is C25H23N3O3. The highest BCUT2D eigenvalue weighted by Gasteiger charge is 2.36. The lowest BCUT2D eigenvalue weighted by atomic mass is 10.1. The molecule has 1 aromatic heterocycles. The van der Waals surface area contributed by atoms with Crippen LogP contribution in [0.15, 0.2) is 72.4 Å². The Labute approximate surface area is 180 Å². The molecule has 2 aromatic carbocycles. The van der Waals surface area contributed by atoms with Crippen LogP contribution in [0.4, 0.5) is 10.5 Å². The van der Waals surface area contributed by atoms with Crippen LogP contribution in [-0.4, -0.2) is 22.4 Å². The lowest BCUT2D eigenvalue weighted by molar-refractivity contribution is -0.122. The molecule has 0 atom stereocenters. The molecule has 6 heteroatoms. The number of anilines is 1. The smallest absolute Gasteiger partial charge is 0.335 e. The maximum Gasteiger partial charge on any atom is 0.335 e. The van der Waals surface area contributed by atoms with Crippen molar-refractivity contribution in [3.05, 3.63) is 94.8 Å². The Morgan fingerprint density at radius 3 is 2.42 bits per heavy atom. The van der Waals surface area contributed by atoms with E-state index in [0.29, 0.717) is 17.9 Å². The molecule has 0 aliphatic carbocycles. The van der Waals surface area contributed by atoms with E-state index in [9.17, 15) is 14.4 Å². The summed E-state index contributed by atoms with van der Waals surface area (Å²) >= 11 is 0. The number of carbonyl (C=O) groups excluding carboxylic acids is 3. The van der Waals surface area contributed by atoms with Crippen LogP contribution in [0, 0.1) is 6.92 Å². The van der Waals surface area contributed by atoms with Crippen molar-refractivity contribution < 1.29 is 14.4 Å². The Morgan fingerprint density at radius 1 is 0.935 bits per heavy atom. The predicted molar refractivity (Wildman–Crippen MR) is 120 cm³/mol. The minimum atomic E-state index is -0.744. The van der Waals surface area contributed by atoms with Gasteiger partial charge in [-0.3, -0.25) is 14.9 Å². The normalized spacial score (nSPS) is 15.5. The van der Waals surface area contributed by atoms with Crippen LogP contribution in [0.3, 0.4) is 0 Å². The summed E-state index contributed by atoms with van der Waals surface area (Å²) < 4.78 is 1.96. The van der Waals surface area contributed by atoms with Gasteiger partial charge in [-0.05, 0) is 54.8 Å². The predicted octanol–water partition coefficient (Wildman–Crippen LogP) is 4.07. The van der Waals surface area contributed by atoms with E-state index in [-0.39, 0.29) is 5.57 Å². The van der Waals surface area contributed by atoms with E-state index in [0.717, 1.165) is 28.0 Å². The van der Waals surface area contributed by atoms with E-state index in [1.165, 1.54) is 6.08 Å². The van der Waals surface area contributed by atoms with E-state index in [2.05, 4.69) is 11.4 Å². The summed E-state index contributed by atoms with van der Waals surface area (Å²) in [7, 11) is 0. The van der Waals surface area contributed by atoms with Crippen molar-refractivity contribution in [2.45, 2.75) is 26.8 Å². The standard InChI is InChI=1S/C25H23N3O3/c1-3-18-9-11-20(12-10-18)28-24(30)22(23(29)26-25(28)31)15-21-8-5-13-27(21)16-19-7-4-6-17(2)14-19/h4-15H,3,16H2,1-2H3,(H,26,29,31)/b22-15-. The molecule has 6 nitrogen and oxygen atoms in total. The molecule has 4 rings (SSSR count). The van der Waals surface area contributed by atoms with Gasteiger partial charge in [0.1, 0.15) is 5.57 Å². The lowest BCUT2D eigenvalue weighted by Gasteiger charge is -2.26. The quantitative estimate of drug-likeness (QED) is 0.506. The summed E-state index contributed by atoms with van der Waals surface area (Å²) in [5, 5.41) is 2.28. The Morgan fingerprint density at radius 2 is 1.71 bits per heavy atom. The fraction of sp³-hybridized carbons (Fsp3) is 0.160. The van der Waals surface area contributed by atoms with Crippen LogP contribution in [0.25, 0.3) is 6.08 Å². The van der Waals surface area contributed by atoms with Crippen molar-refractivity contribution in [3.63, 3.8) is 0 Å². The Kier molecular flexibility index (Phi) is 5.54. The maximum absolute atomic E-state index is 13.1. The Hall–Kier alpha value is -3.93. The summed E-state index contributed by atoms with van der Waals surface area (Å²) in [4.78, 5) is 39.0. The van der Waals surface area contributed by atoms with Crippen molar-refractivity contribution in [2.24, 2.45) is 0 Å². The van der Waals surface area contributed by atoms with Crippen LogP contribution in [-0.2, 0) is 22.6 Å². The summed E-state index contributed by atoms with van der Waals surface area (Å²) in [6.07, 6.45) is 4.28. The fourth-order valence-corrected chi connectivity index (χ4v) is 3.63. The highest BCUT2D eigenvalue weighted by molar-refractivity contribution is 6.39. The number of hydrogen-bond acceptors (Lipinski definition) is 3. The third-order valence-electron chi connectivity index (χ3n) is 5.30. The number of hydrogen-bond donors (Lipinski definition) is 1. The minimum Gasteiger partial charge on any atom is -0.344 e. The Balaban J connectivity index is 1.65. The summed E-state index contributed by atoms with van der Waals surface area (Å²) in [5.41, 5.74) is 4.42. The first kappa shape index (κ1) is 20.3. The lowest BCUT2D eigenvalue weighted by Crippen LogP contribution is -2.54. The molecule has 1 N–H and O–H groups in total. The first-order valence-corrected chi connectivity index (χ1v) is 10.2. The molecule has 3 aromatic rings. The Bertz CT molecular complexity index is 1190. The van der Waals surface area contributed by atoms with Gasteiger partial charge in [0, 0.05) is 18.4 Å². The number of nitrogens with one attached hydrogen (secondary N) is 1. The van der Waals surface area contributed by atoms with Gasteiger partial charge in [0.25, 0.3) is 11.8 Å². The minimum absolute atomic E-state index is 0.0802. The fourth-order valence-electron chi connectivity index (χ4n) is 3.63. The second-order valence-corrected chi connectivity index (χ2v) is 7.53. The topological polar surface area (TPSA) is 71.4 Å². The number of amides is 4. The summed E-state index contributed by atoms with van der Waals surface area (Å²) in [6.45, 7) is 4.66. The molecular weight excluding hydrogens is 390 g/mol. The van der Waals surface area contributed by atoms with Crippen LogP contribution in [0.1, 0.15) is 29.3 Å². The molecule has 0 radical (unpaired) electrons. The highest BCUT2D eigenvalue weighted by Crippen LogP contribution is 2.23. The van der Waals surface area contributed by atoms with Crippen molar-refractivity contribution in [3.8, 4) is 0 Å². The monoisotopic (exact) mass is 413 g/mol. The van der Waals surface area contributed by atoms with Gasteiger partial charge in [0.2, 0.25) is 0 Å². The number of imide groups is 2. The number of aromatic nitrogens is 1. The highest BCUT2D eigenvalue weighted by atomic mass is 16.2. The number of aryl methyl sites for hydroxylation is 2. The largest absolute Gasteiger partial charge is 0.344 e. The van der Waals surface area contributed by atoms with Gasteiger partial charge in [-0.2, -0.15) is 0 Å². The summed E-state index contributed by atoms with van der Waals surface area (Å²) in [5.74, 6) is -1.33. The molecule has 1 fully saturated rings. The third-order valence-corrected chi connectivity index (χ3v) is 5.30. The molecule has 156 valence electrons. The van der Waals surface area contributed by atoms with Crippen LogP contribution in [0.2, 0.25) is 0 Å². The zero-order chi connectivity index (χ0) is 22.0. The van der Waals surface area contributed by atoms with Crippen LogP contribution in [0.5, 0.6) is 0 Å². The average Bonchev–Trinajstić information content (AvgIpc) is 3.18. The number of barbiturate groups is 1. The second-order valence-electron chi connectivity index (χ2n) is 7.53. The van der Waals surface area contributed by atoms with Crippen molar-refractivity contribution in [2.75, 3.05) is 4.90 Å². The van der Waals surface area contributed by atoms with Crippen molar-refractivity contribution in [1.29, 1.82) is 0 Å². The molecule has 0 saturated carbocycles. The van der Waals surface area contributed by atoms with E-state index in [1.807, 2.05) is 67.1 Å². The molecule has 1 aliphatic rings. The van der Waals surface area contributed by atoms with Crippen molar-refractivity contribution >= 4 is 29.6 Å². The van der Waals surface area contributed by atoms with Gasteiger partial charge in [0.15, 0.2) is 0 Å². The zero-order valence-electron chi connectivity index (χ0n) is 17.5. The number of nitrogens with zero attached hydrogens (tertiary/aromatic N) is 2. The number of rotatable bonds is 5. The van der Waals surface area contributed by atoms with Gasteiger partial charge < -0.3 is 4.57 Å². The van der Waals surface area contributed by atoms with Crippen molar-refractivity contribution in [1.82, 2.24) is 9.88 Å². The molecule has 0 unspecified atom stereocenters. The van der Waals surface area contributed by atoms with Gasteiger partial charge >= 0.3 is 6.03 Å². The van der Waals surface area contributed by atoms with E-state index in [1.54, 1.807) is 12.1 Å². The maximum atomic E-state index is 13.1. The number of carbonyl (C=O) groups is 3. The number of benzene rings is 2.